The molecule has 0 bridgehead atoms. The van der Waals surface area contributed by atoms with Gasteiger partial charge in [-0.25, -0.2) is 4.98 Å². The van der Waals surface area contributed by atoms with Crippen molar-refractivity contribution in [1.82, 2.24) is 24.8 Å². The molecule has 1 saturated heterocycles. The molecule has 0 saturated carbocycles. The summed E-state index contributed by atoms with van der Waals surface area (Å²) in [6.07, 6.45) is 3.29. The summed E-state index contributed by atoms with van der Waals surface area (Å²) in [6, 6.07) is 9.28. The summed E-state index contributed by atoms with van der Waals surface area (Å²) < 4.78 is 6.85. The summed E-state index contributed by atoms with van der Waals surface area (Å²) in [4.78, 5) is 34.2. The maximum absolute atomic E-state index is 12.4. The van der Waals surface area contributed by atoms with Crippen molar-refractivity contribution >= 4 is 16.9 Å². The Hall–Kier alpha value is -3.37. The number of methoxy groups -OCH3 is 1. The molecule has 1 N–H and O–H groups in total. The van der Waals surface area contributed by atoms with Crippen molar-refractivity contribution in [2.24, 2.45) is 0 Å². The molecule has 10 nitrogen and oxygen atoms in total. The minimum atomic E-state index is -0.333. The molecule has 0 atom stereocenters. The van der Waals surface area contributed by atoms with Crippen molar-refractivity contribution in [3.05, 3.63) is 68.1 Å². The smallest absolute Gasteiger partial charge is 0.272 e. The monoisotopic (exact) mass is 452 g/mol. The van der Waals surface area contributed by atoms with Crippen LogP contribution < -0.4 is 15.6 Å². The van der Waals surface area contributed by atoms with E-state index < -0.39 is 0 Å². The van der Waals surface area contributed by atoms with Gasteiger partial charge in [-0.3, -0.25) is 19.5 Å². The molecule has 10 heteroatoms. The first-order chi connectivity index (χ1) is 15.9. The van der Waals surface area contributed by atoms with Gasteiger partial charge in [0, 0.05) is 43.4 Å². The molecular formula is C23H28N6O4. The summed E-state index contributed by atoms with van der Waals surface area (Å²) in [5.41, 5.74) is 2.77. The van der Waals surface area contributed by atoms with E-state index in [0.29, 0.717) is 41.7 Å². The van der Waals surface area contributed by atoms with E-state index in [0.717, 1.165) is 38.0 Å². The Bertz CT molecular complexity index is 1200. The number of nitro benzene ring substituents is 1. The molecule has 1 aliphatic heterocycles. The Balaban J connectivity index is 1.31. The molecule has 2 aromatic heterocycles. The average molecular weight is 453 g/mol. The third kappa shape index (κ3) is 5.35. The zero-order valence-electron chi connectivity index (χ0n) is 18.9. The molecule has 1 aromatic carbocycles. The van der Waals surface area contributed by atoms with Gasteiger partial charge in [0.15, 0.2) is 5.65 Å². The first-order valence-electron chi connectivity index (χ1n) is 11.0. The van der Waals surface area contributed by atoms with Crippen molar-refractivity contribution in [2.75, 3.05) is 26.7 Å². The Morgan fingerprint density at radius 1 is 1.21 bits per heavy atom. The lowest BCUT2D eigenvalue weighted by atomic mass is 10.0. The van der Waals surface area contributed by atoms with Crippen molar-refractivity contribution in [3.63, 3.8) is 0 Å². The Morgan fingerprint density at radius 2 is 2.00 bits per heavy atom. The van der Waals surface area contributed by atoms with Gasteiger partial charge in [-0.1, -0.05) is 12.1 Å². The quantitative estimate of drug-likeness (QED) is 0.409. The van der Waals surface area contributed by atoms with Crippen LogP contribution in [0, 0.1) is 17.0 Å². The molecule has 1 fully saturated rings. The van der Waals surface area contributed by atoms with Crippen LogP contribution >= 0.6 is 0 Å². The maximum Gasteiger partial charge on any atom is 0.272 e. The number of hydrogen-bond acceptors (Lipinski definition) is 8. The molecule has 3 aromatic rings. The fourth-order valence-corrected chi connectivity index (χ4v) is 4.18. The number of pyridine rings is 1. The van der Waals surface area contributed by atoms with Crippen molar-refractivity contribution < 1.29 is 9.66 Å². The van der Waals surface area contributed by atoms with E-state index in [4.69, 9.17) is 4.74 Å². The van der Waals surface area contributed by atoms with E-state index in [-0.39, 0.29) is 16.2 Å². The number of hydrogen-bond donors (Lipinski definition) is 1. The van der Waals surface area contributed by atoms with Crippen LogP contribution in [0.1, 0.15) is 24.0 Å². The molecule has 174 valence electrons. The lowest BCUT2D eigenvalue weighted by Crippen LogP contribution is -2.43. The molecule has 0 radical (unpaired) electrons. The number of ether oxygens (including phenoxy) is 1. The summed E-state index contributed by atoms with van der Waals surface area (Å²) >= 11 is 0. The second-order valence-corrected chi connectivity index (χ2v) is 8.32. The van der Waals surface area contributed by atoms with E-state index in [9.17, 15) is 14.9 Å². The number of likely N-dealkylation sites (tertiary alicyclic amines) is 1. The van der Waals surface area contributed by atoms with Gasteiger partial charge in [0.25, 0.3) is 11.2 Å². The largest absolute Gasteiger partial charge is 0.481 e. The molecule has 4 rings (SSSR count). The predicted octanol–water partition coefficient (Wildman–Crippen LogP) is 2.27. The molecular weight excluding hydrogens is 424 g/mol. The summed E-state index contributed by atoms with van der Waals surface area (Å²) in [6.45, 7) is 5.47. The standard InChI is InChI=1S/C23H28N6O4/c1-16-3-4-17(13-20(16)29(31)32)14-24-18-7-9-27(10-8-18)11-12-28-22(30)15-25-19-5-6-21(33-2)26-23(19)28/h3-6,13,15,18,24H,7-12,14H2,1-2H3. The maximum atomic E-state index is 12.4. The van der Waals surface area contributed by atoms with E-state index in [2.05, 4.69) is 20.2 Å². The summed E-state index contributed by atoms with van der Waals surface area (Å²) in [5.74, 6) is 0.453. The summed E-state index contributed by atoms with van der Waals surface area (Å²) in [7, 11) is 1.55. The third-order valence-corrected chi connectivity index (χ3v) is 6.17. The Kier molecular flexibility index (Phi) is 6.95. The lowest BCUT2D eigenvalue weighted by Gasteiger charge is -2.32. The van der Waals surface area contributed by atoms with Crippen molar-refractivity contribution in [3.8, 4) is 5.88 Å². The van der Waals surface area contributed by atoms with Gasteiger partial charge in [0.05, 0.1) is 18.2 Å². The first-order valence-corrected chi connectivity index (χ1v) is 11.0. The van der Waals surface area contributed by atoms with Gasteiger partial charge in [0.2, 0.25) is 5.88 Å². The number of aromatic nitrogens is 3. The summed E-state index contributed by atoms with van der Waals surface area (Å²) in [5, 5.41) is 14.7. The fraction of sp³-hybridized carbons (Fsp3) is 0.435. The van der Waals surface area contributed by atoms with Crippen LogP contribution in [-0.4, -0.2) is 57.1 Å². The molecule has 3 heterocycles. The number of nitrogens with one attached hydrogen (secondary N) is 1. The van der Waals surface area contributed by atoms with E-state index in [1.165, 1.54) is 6.20 Å². The zero-order valence-corrected chi connectivity index (χ0v) is 18.9. The first kappa shape index (κ1) is 22.8. The molecule has 0 aliphatic carbocycles. The Morgan fingerprint density at radius 3 is 2.73 bits per heavy atom. The molecule has 33 heavy (non-hydrogen) atoms. The number of benzene rings is 1. The van der Waals surface area contributed by atoms with E-state index >= 15 is 0 Å². The molecule has 1 aliphatic rings. The van der Waals surface area contributed by atoms with Crippen LogP contribution in [0.15, 0.2) is 41.3 Å². The van der Waals surface area contributed by atoms with Crippen LogP contribution in [0.25, 0.3) is 11.2 Å². The number of fused-ring (bicyclic) bond motifs is 1. The SMILES string of the molecule is COc1ccc2ncc(=O)n(CCN3CCC(NCc4ccc(C)c([N+](=O)[O-])c4)CC3)c2n1. The van der Waals surface area contributed by atoms with Crippen LogP contribution in [0.4, 0.5) is 5.69 Å². The predicted molar refractivity (Wildman–Crippen MR) is 124 cm³/mol. The minimum Gasteiger partial charge on any atom is -0.481 e. The molecule has 0 unspecified atom stereocenters. The number of nitro groups is 1. The Labute approximate surface area is 191 Å². The van der Waals surface area contributed by atoms with Gasteiger partial charge in [-0.05, 0) is 44.5 Å². The average Bonchev–Trinajstić information content (AvgIpc) is 2.83. The number of rotatable bonds is 8. The van der Waals surface area contributed by atoms with Gasteiger partial charge in [0.1, 0.15) is 5.52 Å². The second-order valence-electron chi connectivity index (χ2n) is 8.32. The topological polar surface area (TPSA) is 115 Å². The van der Waals surface area contributed by atoms with E-state index in [1.54, 1.807) is 42.9 Å². The van der Waals surface area contributed by atoms with Gasteiger partial charge >= 0.3 is 0 Å². The molecule has 0 amide bonds. The van der Waals surface area contributed by atoms with Crippen molar-refractivity contribution in [2.45, 2.75) is 38.9 Å². The highest BCUT2D eigenvalue weighted by Gasteiger charge is 2.20. The second kappa shape index (κ2) is 10.1. The highest BCUT2D eigenvalue weighted by molar-refractivity contribution is 5.70. The van der Waals surface area contributed by atoms with Crippen LogP contribution in [0.5, 0.6) is 5.88 Å². The fourth-order valence-electron chi connectivity index (χ4n) is 4.18. The van der Waals surface area contributed by atoms with Gasteiger partial charge in [-0.15, -0.1) is 0 Å². The zero-order chi connectivity index (χ0) is 23.4. The van der Waals surface area contributed by atoms with Gasteiger partial charge < -0.3 is 15.0 Å². The normalized spacial score (nSPS) is 15.1. The minimum absolute atomic E-state index is 0.162. The number of nitrogens with zero attached hydrogens (tertiary/aromatic N) is 5. The highest BCUT2D eigenvalue weighted by atomic mass is 16.6. The number of aryl methyl sites for hydroxylation is 1. The lowest BCUT2D eigenvalue weighted by molar-refractivity contribution is -0.385. The number of piperidine rings is 1. The van der Waals surface area contributed by atoms with Crippen LogP contribution in [0.2, 0.25) is 0 Å². The van der Waals surface area contributed by atoms with Gasteiger partial charge in [-0.2, -0.15) is 4.98 Å². The molecule has 0 spiro atoms. The van der Waals surface area contributed by atoms with Crippen LogP contribution in [0.3, 0.4) is 0 Å². The van der Waals surface area contributed by atoms with Crippen LogP contribution in [-0.2, 0) is 13.1 Å². The van der Waals surface area contributed by atoms with E-state index in [1.807, 2.05) is 6.07 Å². The van der Waals surface area contributed by atoms with Crippen molar-refractivity contribution in [1.29, 1.82) is 0 Å². The highest BCUT2D eigenvalue weighted by Crippen LogP contribution is 2.20. The third-order valence-electron chi connectivity index (χ3n) is 6.17.